The molecule has 2 fully saturated rings. The first kappa shape index (κ1) is 17.7. The maximum absolute atomic E-state index is 12.1. The highest BCUT2D eigenvalue weighted by Gasteiger charge is 2.36. The van der Waals surface area contributed by atoms with Crippen LogP contribution < -0.4 is 16.0 Å². The first-order chi connectivity index (χ1) is 12.2. The molecule has 0 radical (unpaired) electrons. The largest absolute Gasteiger partial charge is 0.378 e. The maximum atomic E-state index is 12.1. The maximum Gasteiger partial charge on any atom is 0.315 e. The van der Waals surface area contributed by atoms with Crippen molar-refractivity contribution < 1.29 is 14.3 Å². The molecule has 1 saturated heterocycles. The van der Waals surface area contributed by atoms with Gasteiger partial charge in [-0.05, 0) is 55.7 Å². The zero-order valence-electron chi connectivity index (χ0n) is 14.7. The van der Waals surface area contributed by atoms with Crippen LogP contribution in [0.5, 0.6) is 0 Å². The second-order valence-corrected chi connectivity index (χ2v) is 6.90. The van der Waals surface area contributed by atoms with Gasteiger partial charge in [0.1, 0.15) is 0 Å². The number of nitrogens with one attached hydrogen (secondary N) is 3. The predicted molar refractivity (Wildman–Crippen MR) is 95.6 cm³/mol. The van der Waals surface area contributed by atoms with Crippen molar-refractivity contribution in [1.82, 2.24) is 16.0 Å². The summed E-state index contributed by atoms with van der Waals surface area (Å²) in [5.41, 5.74) is 1.67. The molecule has 1 aromatic rings. The molecule has 0 spiro atoms. The summed E-state index contributed by atoms with van der Waals surface area (Å²) in [6.07, 6.45) is 5.34. The van der Waals surface area contributed by atoms with Crippen LogP contribution in [0.2, 0.25) is 0 Å². The molecule has 1 aromatic carbocycles. The smallest absolute Gasteiger partial charge is 0.315 e. The monoisotopic (exact) mass is 345 g/mol. The fourth-order valence-electron chi connectivity index (χ4n) is 3.32. The standard InChI is InChI=1S/C19H27N3O3/c1-20-18(23)15-4-2-3-13(11-15)7-9-21-19(24)22-16-8-10-25-17(12-16)14-5-6-14/h2-4,11,14,16-17H,5-10,12H2,1H3,(H,20,23)(H2,21,22,24)/t16-,17-/m1/s1. The average molecular weight is 345 g/mol. The lowest BCUT2D eigenvalue weighted by atomic mass is 10.0. The van der Waals surface area contributed by atoms with Gasteiger partial charge in [0.25, 0.3) is 5.91 Å². The molecule has 2 atom stereocenters. The number of amides is 3. The highest BCUT2D eigenvalue weighted by molar-refractivity contribution is 5.94. The third-order valence-corrected chi connectivity index (χ3v) is 4.91. The normalized spacial score (nSPS) is 22.9. The van der Waals surface area contributed by atoms with Gasteiger partial charge in [-0.25, -0.2) is 4.79 Å². The summed E-state index contributed by atoms with van der Waals surface area (Å²) < 4.78 is 5.79. The Balaban J connectivity index is 1.39. The van der Waals surface area contributed by atoms with Gasteiger partial charge < -0.3 is 20.7 Å². The van der Waals surface area contributed by atoms with Gasteiger partial charge >= 0.3 is 6.03 Å². The van der Waals surface area contributed by atoms with E-state index in [4.69, 9.17) is 4.74 Å². The van der Waals surface area contributed by atoms with Crippen LogP contribution in [-0.2, 0) is 11.2 Å². The van der Waals surface area contributed by atoms with Crippen LogP contribution in [0.4, 0.5) is 4.79 Å². The molecule has 2 aliphatic rings. The average Bonchev–Trinajstić information content (AvgIpc) is 3.47. The number of hydrogen-bond acceptors (Lipinski definition) is 3. The summed E-state index contributed by atoms with van der Waals surface area (Å²) in [6.45, 7) is 1.27. The summed E-state index contributed by atoms with van der Waals surface area (Å²) in [4.78, 5) is 23.7. The van der Waals surface area contributed by atoms with Crippen molar-refractivity contribution >= 4 is 11.9 Å². The Bertz CT molecular complexity index is 616. The lowest BCUT2D eigenvalue weighted by molar-refractivity contribution is -0.00913. The molecule has 3 amide bonds. The Morgan fingerprint density at radius 3 is 2.84 bits per heavy atom. The Morgan fingerprint density at radius 2 is 2.08 bits per heavy atom. The lowest BCUT2D eigenvalue weighted by Crippen LogP contribution is -2.47. The van der Waals surface area contributed by atoms with E-state index in [1.807, 2.05) is 18.2 Å². The summed E-state index contributed by atoms with van der Waals surface area (Å²) in [5, 5.41) is 8.59. The predicted octanol–water partition coefficient (Wildman–Crippen LogP) is 1.85. The van der Waals surface area contributed by atoms with Gasteiger partial charge in [0.05, 0.1) is 6.10 Å². The summed E-state index contributed by atoms with van der Waals surface area (Å²) in [6, 6.07) is 7.55. The minimum Gasteiger partial charge on any atom is -0.378 e. The van der Waals surface area contributed by atoms with Gasteiger partial charge in [-0.3, -0.25) is 4.79 Å². The molecule has 0 bridgehead atoms. The first-order valence-electron chi connectivity index (χ1n) is 9.12. The zero-order valence-corrected chi connectivity index (χ0v) is 14.7. The van der Waals surface area contributed by atoms with E-state index in [1.54, 1.807) is 13.1 Å². The van der Waals surface area contributed by atoms with E-state index >= 15 is 0 Å². The van der Waals surface area contributed by atoms with E-state index in [2.05, 4.69) is 16.0 Å². The van der Waals surface area contributed by atoms with Crippen molar-refractivity contribution in [2.75, 3.05) is 20.2 Å². The Hall–Kier alpha value is -2.08. The molecular formula is C19H27N3O3. The molecule has 6 heteroatoms. The van der Waals surface area contributed by atoms with Crippen LogP contribution in [-0.4, -0.2) is 44.3 Å². The van der Waals surface area contributed by atoms with E-state index in [9.17, 15) is 9.59 Å². The molecule has 1 saturated carbocycles. The number of rotatable bonds is 6. The first-order valence-corrected chi connectivity index (χ1v) is 9.12. The zero-order chi connectivity index (χ0) is 17.6. The highest BCUT2D eigenvalue weighted by Crippen LogP contribution is 2.38. The second kappa shape index (κ2) is 8.34. The molecule has 136 valence electrons. The van der Waals surface area contributed by atoms with Gasteiger partial charge in [0.2, 0.25) is 0 Å². The van der Waals surface area contributed by atoms with Crippen LogP contribution in [0.15, 0.2) is 24.3 Å². The van der Waals surface area contributed by atoms with Crippen molar-refractivity contribution in [1.29, 1.82) is 0 Å². The number of carbonyl (C=O) groups is 2. The van der Waals surface area contributed by atoms with Crippen LogP contribution in [0, 0.1) is 5.92 Å². The van der Waals surface area contributed by atoms with Crippen LogP contribution >= 0.6 is 0 Å². The molecule has 3 N–H and O–H groups in total. The topological polar surface area (TPSA) is 79.5 Å². The van der Waals surface area contributed by atoms with Crippen molar-refractivity contribution in [2.45, 2.75) is 44.2 Å². The molecule has 1 aliphatic carbocycles. The van der Waals surface area contributed by atoms with Crippen LogP contribution in [0.25, 0.3) is 0 Å². The number of ether oxygens (including phenoxy) is 1. The molecule has 0 aromatic heterocycles. The van der Waals surface area contributed by atoms with E-state index in [1.165, 1.54) is 12.8 Å². The Labute approximate surface area is 148 Å². The van der Waals surface area contributed by atoms with Gasteiger partial charge in [0.15, 0.2) is 0 Å². The minimum absolute atomic E-state index is 0.0997. The summed E-state index contributed by atoms with van der Waals surface area (Å²) in [7, 11) is 1.62. The molecule has 1 aliphatic heterocycles. The number of hydrogen-bond donors (Lipinski definition) is 3. The SMILES string of the molecule is CNC(=O)c1cccc(CCNC(=O)N[C@@H]2CCO[C@@H](C3CC3)C2)c1. The Morgan fingerprint density at radius 1 is 1.24 bits per heavy atom. The number of benzene rings is 1. The van der Waals surface area contributed by atoms with Crippen molar-refractivity contribution in [3.8, 4) is 0 Å². The quantitative estimate of drug-likeness (QED) is 0.736. The third kappa shape index (κ3) is 5.19. The molecular weight excluding hydrogens is 318 g/mol. The van der Waals surface area contributed by atoms with Gasteiger partial charge in [0, 0.05) is 31.8 Å². The lowest BCUT2D eigenvalue weighted by Gasteiger charge is -2.30. The van der Waals surface area contributed by atoms with Crippen molar-refractivity contribution in [3.63, 3.8) is 0 Å². The summed E-state index contributed by atoms with van der Waals surface area (Å²) in [5.74, 6) is 0.609. The molecule has 6 nitrogen and oxygen atoms in total. The van der Waals surface area contributed by atoms with Crippen molar-refractivity contribution in [2.24, 2.45) is 5.92 Å². The van der Waals surface area contributed by atoms with Gasteiger partial charge in [-0.2, -0.15) is 0 Å². The van der Waals surface area contributed by atoms with E-state index in [0.29, 0.717) is 30.6 Å². The highest BCUT2D eigenvalue weighted by atomic mass is 16.5. The van der Waals surface area contributed by atoms with Crippen LogP contribution in [0.3, 0.4) is 0 Å². The molecule has 3 rings (SSSR count). The van der Waals surface area contributed by atoms with Crippen molar-refractivity contribution in [3.05, 3.63) is 35.4 Å². The number of carbonyl (C=O) groups excluding carboxylic acids is 2. The molecule has 25 heavy (non-hydrogen) atoms. The third-order valence-electron chi connectivity index (χ3n) is 4.91. The van der Waals surface area contributed by atoms with Gasteiger partial charge in [-0.1, -0.05) is 12.1 Å². The van der Waals surface area contributed by atoms with Crippen LogP contribution in [0.1, 0.15) is 41.6 Å². The minimum atomic E-state index is -0.121. The fourth-order valence-corrected chi connectivity index (χ4v) is 3.32. The van der Waals surface area contributed by atoms with Gasteiger partial charge in [-0.15, -0.1) is 0 Å². The number of urea groups is 1. The summed E-state index contributed by atoms with van der Waals surface area (Å²) >= 11 is 0. The molecule has 0 unspecified atom stereocenters. The van der Waals surface area contributed by atoms with E-state index in [-0.39, 0.29) is 18.0 Å². The van der Waals surface area contributed by atoms with E-state index < -0.39 is 0 Å². The fraction of sp³-hybridized carbons (Fsp3) is 0.579. The molecule has 1 heterocycles. The van der Waals surface area contributed by atoms with E-state index in [0.717, 1.165) is 25.0 Å². The Kier molecular flexibility index (Phi) is 5.91. The second-order valence-electron chi connectivity index (χ2n) is 6.90.